The molecule has 9 heterocycles. The van der Waals surface area contributed by atoms with Crippen LogP contribution < -0.4 is 9.64 Å². The lowest BCUT2D eigenvalue weighted by Gasteiger charge is -2.33. The number of anilines is 1. The molecule has 5 aliphatic heterocycles. The molecular formula is C32H32ClF2N9O2. The van der Waals surface area contributed by atoms with E-state index in [0.29, 0.717) is 89.7 Å². The Bertz CT molecular complexity index is 1980. The lowest BCUT2D eigenvalue weighted by molar-refractivity contribution is 0.107. The van der Waals surface area contributed by atoms with E-state index in [4.69, 9.17) is 35.8 Å². The molecule has 1 unspecified atom stereocenters. The van der Waals surface area contributed by atoms with Gasteiger partial charge in [-0.3, -0.25) is 15.0 Å². The monoisotopic (exact) mass is 647 g/mol. The first-order valence-corrected chi connectivity index (χ1v) is 16.4. The fraction of sp³-hybridized carbons (Fsp3) is 0.500. The topological polar surface area (TPSA) is 122 Å². The second-order valence-corrected chi connectivity index (χ2v) is 13.5. The van der Waals surface area contributed by atoms with Gasteiger partial charge in [-0.25, -0.2) is 8.78 Å². The Kier molecular flexibility index (Phi) is 6.64. The van der Waals surface area contributed by atoms with E-state index in [-0.39, 0.29) is 29.7 Å². The van der Waals surface area contributed by atoms with E-state index in [1.54, 1.807) is 12.4 Å². The van der Waals surface area contributed by atoms with Gasteiger partial charge in [0.25, 0.3) is 0 Å². The van der Waals surface area contributed by atoms with Crippen LogP contribution in [0.15, 0.2) is 23.0 Å². The van der Waals surface area contributed by atoms with Crippen molar-refractivity contribution < 1.29 is 18.0 Å². The van der Waals surface area contributed by atoms with Gasteiger partial charge < -0.3 is 14.2 Å². The largest absolute Gasteiger partial charge is 0.461 e. The van der Waals surface area contributed by atoms with E-state index in [9.17, 15) is 4.39 Å². The van der Waals surface area contributed by atoms with Crippen molar-refractivity contribution in [1.82, 2.24) is 40.2 Å². The van der Waals surface area contributed by atoms with Crippen LogP contribution in [0.25, 0.3) is 33.1 Å². The van der Waals surface area contributed by atoms with Crippen LogP contribution >= 0.6 is 11.6 Å². The summed E-state index contributed by atoms with van der Waals surface area (Å²) in [6, 6.07) is 1.87. The third-order valence-electron chi connectivity index (χ3n) is 10.3. The third kappa shape index (κ3) is 4.53. The molecule has 3 fully saturated rings. The van der Waals surface area contributed by atoms with Crippen LogP contribution in [0.2, 0.25) is 5.02 Å². The van der Waals surface area contributed by atoms with Crippen LogP contribution in [-0.2, 0) is 12.8 Å². The summed E-state index contributed by atoms with van der Waals surface area (Å²) in [5.41, 5.74) is 1.84. The van der Waals surface area contributed by atoms with Crippen LogP contribution in [0.3, 0.4) is 0 Å². The second-order valence-electron chi connectivity index (χ2n) is 13.1. The van der Waals surface area contributed by atoms with E-state index >= 15 is 4.39 Å². The summed E-state index contributed by atoms with van der Waals surface area (Å²) in [6.45, 7) is 2.76. The first-order valence-electron chi connectivity index (χ1n) is 16.1. The fourth-order valence-corrected chi connectivity index (χ4v) is 8.40. The predicted molar refractivity (Wildman–Crippen MR) is 166 cm³/mol. The Balaban J connectivity index is 1.23. The van der Waals surface area contributed by atoms with Gasteiger partial charge in [-0.15, -0.1) is 0 Å². The minimum absolute atomic E-state index is 0.0149. The number of aromatic amines is 1. The molecule has 5 aromatic rings. The van der Waals surface area contributed by atoms with Crippen LogP contribution in [0.4, 0.5) is 14.6 Å². The number of piperidine rings is 1. The van der Waals surface area contributed by atoms with Crippen molar-refractivity contribution in [2.75, 3.05) is 37.7 Å². The van der Waals surface area contributed by atoms with E-state index in [1.165, 1.54) is 0 Å². The highest BCUT2D eigenvalue weighted by atomic mass is 35.5. The Labute approximate surface area is 267 Å². The van der Waals surface area contributed by atoms with Gasteiger partial charge in [-0.1, -0.05) is 16.8 Å². The number of nitrogens with zero attached hydrogens (tertiary/aromatic N) is 8. The maximum Gasteiger partial charge on any atom is 0.319 e. The number of hydrogen-bond donors (Lipinski definition) is 1. The van der Waals surface area contributed by atoms with Gasteiger partial charge in [-0.05, 0) is 56.7 Å². The van der Waals surface area contributed by atoms with Gasteiger partial charge in [-0.2, -0.15) is 20.1 Å². The molecule has 238 valence electrons. The number of alkyl halides is 1. The minimum atomic E-state index is -0.891. The molecule has 0 radical (unpaired) electrons. The number of aromatic nitrogens is 7. The average molecular weight is 648 g/mol. The molecule has 8 bridgehead atoms. The Morgan fingerprint density at radius 2 is 2.02 bits per heavy atom. The fourth-order valence-electron chi connectivity index (χ4n) is 8.10. The summed E-state index contributed by atoms with van der Waals surface area (Å²) in [5.74, 6) is 1.20. The van der Waals surface area contributed by atoms with Crippen molar-refractivity contribution in [3.63, 3.8) is 0 Å². The van der Waals surface area contributed by atoms with Crippen molar-refractivity contribution in [3.05, 3.63) is 46.6 Å². The first-order chi connectivity index (χ1) is 22.5. The maximum absolute atomic E-state index is 17.0. The number of halogens is 3. The van der Waals surface area contributed by atoms with Crippen molar-refractivity contribution in [1.29, 1.82) is 0 Å². The van der Waals surface area contributed by atoms with Crippen LogP contribution in [0.5, 0.6) is 6.01 Å². The summed E-state index contributed by atoms with van der Waals surface area (Å²) in [4.78, 5) is 23.3. The zero-order chi connectivity index (χ0) is 31.0. The lowest BCUT2D eigenvalue weighted by atomic mass is 9.94. The molecule has 11 nitrogen and oxygen atoms in total. The Hall–Kier alpha value is -3.97. The van der Waals surface area contributed by atoms with E-state index < -0.39 is 17.5 Å². The minimum Gasteiger partial charge on any atom is -0.461 e. The molecule has 0 saturated carbocycles. The number of rotatable bonds is 3. The van der Waals surface area contributed by atoms with Gasteiger partial charge in [0.1, 0.15) is 29.8 Å². The molecule has 0 aliphatic carbocycles. The van der Waals surface area contributed by atoms with Crippen molar-refractivity contribution in [2.45, 2.75) is 69.0 Å². The molecule has 10 rings (SSSR count). The lowest BCUT2D eigenvalue weighted by Crippen LogP contribution is -2.43. The zero-order valence-electron chi connectivity index (χ0n) is 25.1. The maximum atomic E-state index is 17.0. The molecule has 14 heteroatoms. The molecule has 0 spiro atoms. The SMILES string of the molecule is Fc1c2ncc3c(nc(OC[C@@]45CCCN4C[C@H](F)C5)nc13)N1CCCC(C1)c1noc(n1)CCCc1c(Cl)cc3[nH]ncc3c1-2. The van der Waals surface area contributed by atoms with Crippen LogP contribution in [-0.4, -0.2) is 84.7 Å². The second kappa shape index (κ2) is 10.8. The number of H-pyrrole nitrogens is 1. The summed E-state index contributed by atoms with van der Waals surface area (Å²) in [5, 5.41) is 13.2. The molecule has 4 aromatic heterocycles. The summed E-state index contributed by atoms with van der Waals surface area (Å²) in [6.07, 6.45) is 8.17. The first kappa shape index (κ1) is 28.3. The Morgan fingerprint density at radius 1 is 1.09 bits per heavy atom. The molecule has 1 aromatic carbocycles. The molecule has 3 saturated heterocycles. The number of fused-ring (bicyclic) bond motifs is 5. The summed E-state index contributed by atoms with van der Waals surface area (Å²) >= 11 is 6.84. The number of aryl methyl sites for hydroxylation is 1. The van der Waals surface area contributed by atoms with Gasteiger partial charge in [0.15, 0.2) is 11.6 Å². The predicted octanol–water partition coefficient (Wildman–Crippen LogP) is 5.57. The Morgan fingerprint density at radius 3 is 2.96 bits per heavy atom. The number of hydrogen-bond acceptors (Lipinski definition) is 10. The highest BCUT2D eigenvalue weighted by Gasteiger charge is 2.49. The van der Waals surface area contributed by atoms with Crippen LogP contribution in [0.1, 0.15) is 61.7 Å². The van der Waals surface area contributed by atoms with E-state index in [2.05, 4.69) is 30.1 Å². The van der Waals surface area contributed by atoms with Crippen molar-refractivity contribution in [3.8, 4) is 17.3 Å². The quantitative estimate of drug-likeness (QED) is 0.266. The molecular weight excluding hydrogens is 616 g/mol. The molecule has 0 amide bonds. The highest BCUT2D eigenvalue weighted by molar-refractivity contribution is 6.33. The van der Waals surface area contributed by atoms with E-state index in [0.717, 1.165) is 37.8 Å². The highest BCUT2D eigenvalue weighted by Crippen LogP contribution is 2.42. The number of ether oxygens (including phenoxy) is 1. The molecule has 3 atom stereocenters. The smallest absolute Gasteiger partial charge is 0.319 e. The third-order valence-corrected chi connectivity index (χ3v) is 10.6. The van der Waals surface area contributed by atoms with Gasteiger partial charge >= 0.3 is 6.01 Å². The van der Waals surface area contributed by atoms with Gasteiger partial charge in [0, 0.05) is 60.6 Å². The van der Waals surface area contributed by atoms with E-state index in [1.807, 2.05) is 6.07 Å². The molecule has 1 N–H and O–H groups in total. The van der Waals surface area contributed by atoms with Crippen LogP contribution in [0, 0.1) is 5.82 Å². The number of pyridine rings is 1. The van der Waals surface area contributed by atoms with Crippen molar-refractivity contribution >= 4 is 39.2 Å². The number of benzene rings is 1. The van der Waals surface area contributed by atoms with Gasteiger partial charge in [0.05, 0.1) is 22.6 Å². The summed E-state index contributed by atoms with van der Waals surface area (Å²) < 4.78 is 43.5. The van der Waals surface area contributed by atoms with Gasteiger partial charge in [0.2, 0.25) is 5.89 Å². The molecule has 5 aliphatic rings. The molecule has 46 heavy (non-hydrogen) atoms. The normalized spacial score (nSPS) is 24.7. The zero-order valence-corrected chi connectivity index (χ0v) is 25.9. The number of nitrogens with one attached hydrogen (secondary N) is 1. The average Bonchev–Trinajstić information content (AvgIpc) is 3.85. The summed E-state index contributed by atoms with van der Waals surface area (Å²) in [7, 11) is 0. The van der Waals surface area contributed by atoms with Crippen molar-refractivity contribution in [2.24, 2.45) is 0 Å². The standard InChI is InChI=1S/C32H32ClF2N9O2/c33-22-10-23-20(13-37-41-23)25-19(22)5-1-6-24-38-29(42-46-24)17-4-2-8-43(14-17)30-21-12-36-28(25)26(35)27(21)39-31(40-30)45-16-32-7-3-9-44(32)15-18(34)11-32/h10,12-13,17-18H,1-9,11,14-16H2,(H,37,41)/t17?,18-,32+/m1/s1.